The minimum atomic E-state index is -4.24. The molecule has 0 saturated heterocycles. The normalized spacial score (nSPS) is 15.5. The summed E-state index contributed by atoms with van der Waals surface area (Å²) in [5.41, 5.74) is 0.288. The molecule has 2 rings (SSSR count). The molecule has 0 atom stereocenters. The van der Waals surface area contributed by atoms with Crippen molar-refractivity contribution in [3.8, 4) is 0 Å². The van der Waals surface area contributed by atoms with Crippen molar-refractivity contribution >= 4 is 5.97 Å². The Morgan fingerprint density at radius 1 is 1.48 bits per heavy atom. The molecule has 1 aliphatic rings. The molecule has 1 aromatic rings. The van der Waals surface area contributed by atoms with Crippen molar-refractivity contribution < 1.29 is 32.2 Å². The van der Waals surface area contributed by atoms with Gasteiger partial charge in [-0.25, -0.2) is 23.5 Å². The van der Waals surface area contributed by atoms with E-state index in [4.69, 9.17) is 5.11 Å². The van der Waals surface area contributed by atoms with Crippen LogP contribution in [0.1, 0.15) is 40.6 Å². The number of carboxylic acids is 1. The zero-order chi connectivity index (χ0) is 15.6. The van der Waals surface area contributed by atoms with Gasteiger partial charge in [0.05, 0.1) is 11.3 Å². The molecule has 0 unspecified atom stereocenters. The van der Waals surface area contributed by atoms with Crippen LogP contribution in [0.3, 0.4) is 0 Å². The summed E-state index contributed by atoms with van der Waals surface area (Å²) in [6, 6.07) is 0. The van der Waals surface area contributed by atoms with Gasteiger partial charge in [0.15, 0.2) is 5.82 Å². The van der Waals surface area contributed by atoms with Crippen molar-refractivity contribution in [1.29, 1.82) is 0 Å². The van der Waals surface area contributed by atoms with E-state index < -0.39 is 31.5 Å². The van der Waals surface area contributed by atoms with Crippen LogP contribution < -0.4 is 0 Å². The number of hydrogen-bond donors (Lipinski definition) is 1. The highest BCUT2D eigenvalue weighted by molar-refractivity contribution is 5.88. The highest BCUT2D eigenvalue weighted by Gasteiger charge is 2.41. The van der Waals surface area contributed by atoms with Gasteiger partial charge < -0.3 is 9.84 Å². The second-order valence-electron chi connectivity index (χ2n) is 4.72. The molecule has 21 heavy (non-hydrogen) atoms. The molecule has 0 radical (unpaired) electrons. The number of aromatic carboxylic acids is 1. The molecule has 0 aromatic carbocycles. The van der Waals surface area contributed by atoms with E-state index in [1.165, 1.54) is 0 Å². The summed E-state index contributed by atoms with van der Waals surface area (Å²) in [6.45, 7) is -1.94. The molecule has 5 nitrogen and oxygen atoms in total. The Morgan fingerprint density at radius 3 is 2.67 bits per heavy atom. The van der Waals surface area contributed by atoms with Crippen LogP contribution in [0.25, 0.3) is 0 Å². The number of hydrogen-bond acceptors (Lipinski definition) is 4. The number of halogens is 4. The fraction of sp³-hybridized carbons (Fsp3) is 0.583. The lowest BCUT2D eigenvalue weighted by Gasteiger charge is -2.15. The van der Waals surface area contributed by atoms with E-state index in [0.717, 1.165) is 19.0 Å². The van der Waals surface area contributed by atoms with Gasteiger partial charge in [-0.05, 0) is 12.8 Å². The summed E-state index contributed by atoms with van der Waals surface area (Å²) in [4.78, 5) is 18.6. The van der Waals surface area contributed by atoms with Crippen LogP contribution in [-0.4, -0.2) is 40.0 Å². The Kier molecular flexibility index (Phi) is 4.40. The molecule has 0 aliphatic heterocycles. The second-order valence-corrected chi connectivity index (χ2v) is 4.72. The Morgan fingerprint density at radius 2 is 2.14 bits per heavy atom. The molecule has 1 saturated carbocycles. The maximum Gasteiger partial charge on any atom is 0.339 e. The van der Waals surface area contributed by atoms with Gasteiger partial charge in [0.2, 0.25) is 0 Å². The number of carbonyl (C=O) groups is 1. The second kappa shape index (κ2) is 5.92. The van der Waals surface area contributed by atoms with Gasteiger partial charge in [0.25, 0.3) is 0 Å². The van der Waals surface area contributed by atoms with E-state index >= 15 is 0 Å². The predicted molar refractivity (Wildman–Crippen MR) is 61.6 cm³/mol. The first-order chi connectivity index (χ1) is 9.81. The Balaban J connectivity index is 2.01. The lowest BCUT2D eigenvalue weighted by atomic mass is 10.1. The molecular formula is C12H12F4N2O3. The molecule has 1 heterocycles. The SMILES string of the molecule is O=C(O)c1cnc(COCC(F)(F)C(F)F)nc1C1CC1. The van der Waals surface area contributed by atoms with Crippen LogP contribution in [0.4, 0.5) is 17.6 Å². The first-order valence-electron chi connectivity index (χ1n) is 6.14. The Hall–Kier alpha value is -1.77. The van der Waals surface area contributed by atoms with Crippen LogP contribution in [0.2, 0.25) is 0 Å². The number of carboxylic acid groups (broad SMARTS) is 1. The van der Waals surface area contributed by atoms with E-state index in [1.807, 2.05) is 0 Å². The minimum Gasteiger partial charge on any atom is -0.478 e. The third kappa shape index (κ3) is 3.87. The summed E-state index contributed by atoms with van der Waals surface area (Å²) >= 11 is 0. The molecule has 116 valence electrons. The number of rotatable bonds is 7. The van der Waals surface area contributed by atoms with E-state index in [1.54, 1.807) is 0 Å². The number of aromatic nitrogens is 2. The van der Waals surface area contributed by atoms with Crippen molar-refractivity contribution in [2.45, 2.75) is 37.7 Å². The zero-order valence-electron chi connectivity index (χ0n) is 10.7. The number of alkyl halides is 4. The summed E-state index contributed by atoms with van der Waals surface area (Å²) < 4.78 is 53.6. The molecule has 0 amide bonds. The van der Waals surface area contributed by atoms with Crippen LogP contribution in [0, 0.1) is 0 Å². The third-order valence-electron chi connectivity index (χ3n) is 2.91. The van der Waals surface area contributed by atoms with Crippen LogP contribution in [0.15, 0.2) is 6.20 Å². The monoisotopic (exact) mass is 308 g/mol. The van der Waals surface area contributed by atoms with Crippen molar-refractivity contribution in [3.05, 3.63) is 23.3 Å². The largest absolute Gasteiger partial charge is 0.478 e. The average Bonchev–Trinajstić information content (AvgIpc) is 3.22. The molecule has 1 fully saturated rings. The highest BCUT2D eigenvalue weighted by atomic mass is 19.3. The van der Waals surface area contributed by atoms with Gasteiger partial charge in [-0.3, -0.25) is 0 Å². The lowest BCUT2D eigenvalue weighted by molar-refractivity contribution is -0.168. The summed E-state index contributed by atoms with van der Waals surface area (Å²) in [6.07, 6.45) is -1.15. The van der Waals surface area contributed by atoms with Crippen LogP contribution in [0.5, 0.6) is 0 Å². The van der Waals surface area contributed by atoms with Crippen molar-refractivity contribution in [2.24, 2.45) is 0 Å². The fourth-order valence-corrected chi connectivity index (χ4v) is 1.68. The molecule has 0 bridgehead atoms. The van der Waals surface area contributed by atoms with Crippen molar-refractivity contribution in [1.82, 2.24) is 9.97 Å². The van der Waals surface area contributed by atoms with Crippen molar-refractivity contribution in [3.63, 3.8) is 0 Å². The predicted octanol–water partition coefficient (Wildman–Crippen LogP) is 2.47. The van der Waals surface area contributed by atoms with Gasteiger partial charge in [0, 0.05) is 12.1 Å². The molecule has 9 heteroatoms. The van der Waals surface area contributed by atoms with E-state index in [0.29, 0.717) is 5.69 Å². The lowest BCUT2D eigenvalue weighted by Crippen LogP contribution is -2.32. The quantitative estimate of drug-likeness (QED) is 0.783. The topological polar surface area (TPSA) is 72.3 Å². The molecule has 1 aliphatic carbocycles. The average molecular weight is 308 g/mol. The Labute approximate surface area is 117 Å². The summed E-state index contributed by atoms with van der Waals surface area (Å²) in [5, 5.41) is 8.98. The Bertz CT molecular complexity index is 535. The first kappa shape index (κ1) is 15.6. The van der Waals surface area contributed by atoms with Gasteiger partial charge in [0.1, 0.15) is 13.2 Å². The summed E-state index contributed by atoms with van der Waals surface area (Å²) in [7, 11) is 0. The summed E-state index contributed by atoms with van der Waals surface area (Å²) in [5.74, 6) is -5.40. The molecule has 1 N–H and O–H groups in total. The van der Waals surface area contributed by atoms with Gasteiger partial charge in [-0.1, -0.05) is 0 Å². The van der Waals surface area contributed by atoms with E-state index in [9.17, 15) is 22.4 Å². The maximum atomic E-state index is 12.6. The highest BCUT2D eigenvalue weighted by Crippen LogP contribution is 2.40. The fourth-order valence-electron chi connectivity index (χ4n) is 1.68. The molecule has 1 aromatic heterocycles. The first-order valence-corrected chi connectivity index (χ1v) is 6.14. The van der Waals surface area contributed by atoms with Gasteiger partial charge in [-0.2, -0.15) is 8.78 Å². The molecular weight excluding hydrogens is 296 g/mol. The van der Waals surface area contributed by atoms with E-state index in [2.05, 4.69) is 14.7 Å². The number of nitrogens with zero attached hydrogens (tertiary/aromatic N) is 2. The van der Waals surface area contributed by atoms with Crippen LogP contribution >= 0.6 is 0 Å². The maximum absolute atomic E-state index is 12.6. The van der Waals surface area contributed by atoms with Gasteiger partial charge in [-0.15, -0.1) is 0 Å². The molecule has 0 spiro atoms. The zero-order valence-corrected chi connectivity index (χ0v) is 10.7. The van der Waals surface area contributed by atoms with Crippen molar-refractivity contribution in [2.75, 3.05) is 6.61 Å². The van der Waals surface area contributed by atoms with Gasteiger partial charge >= 0.3 is 18.3 Å². The standard InChI is InChI=1S/C12H12F4N2O3/c13-11(14)12(15,16)5-21-4-8-17-3-7(10(19)20)9(18-8)6-1-2-6/h3,6,11H,1-2,4-5H2,(H,19,20). The minimum absolute atomic E-state index is 0.00744. The number of ether oxygens (including phenoxy) is 1. The smallest absolute Gasteiger partial charge is 0.339 e. The third-order valence-corrected chi connectivity index (χ3v) is 2.91. The van der Waals surface area contributed by atoms with E-state index in [-0.39, 0.29) is 17.3 Å². The van der Waals surface area contributed by atoms with Crippen LogP contribution in [-0.2, 0) is 11.3 Å².